The van der Waals surface area contributed by atoms with Crippen LogP contribution in [0.1, 0.15) is 44.7 Å². The van der Waals surface area contributed by atoms with Crippen molar-refractivity contribution in [3.63, 3.8) is 0 Å². The van der Waals surface area contributed by atoms with Crippen molar-refractivity contribution in [1.82, 2.24) is 10.6 Å². The predicted molar refractivity (Wildman–Crippen MR) is 109 cm³/mol. The van der Waals surface area contributed by atoms with Crippen LogP contribution < -0.4 is 15.4 Å². The standard InChI is InChI=1S/C21H34FN3O3/c1-4-23-21(24-10-5-11-28-15-17-8-12-27-13-9-17)25-16(2)18-6-7-20(26-3)19(22)14-18/h6-7,14,16-17H,4-5,8-13,15H2,1-3H3,(H2,23,24,25). The Morgan fingerprint density at radius 3 is 2.82 bits per heavy atom. The molecule has 1 atom stereocenters. The van der Waals surface area contributed by atoms with Crippen LogP contribution in [0.3, 0.4) is 0 Å². The van der Waals surface area contributed by atoms with Crippen LogP contribution in [0.2, 0.25) is 0 Å². The summed E-state index contributed by atoms with van der Waals surface area (Å²) in [4.78, 5) is 4.60. The van der Waals surface area contributed by atoms with Crippen LogP contribution in [0.25, 0.3) is 0 Å². The zero-order valence-electron chi connectivity index (χ0n) is 17.3. The van der Waals surface area contributed by atoms with Crippen LogP contribution in [-0.2, 0) is 9.47 Å². The zero-order chi connectivity index (χ0) is 20.2. The van der Waals surface area contributed by atoms with Gasteiger partial charge < -0.3 is 24.8 Å². The molecule has 0 aromatic heterocycles. The first-order valence-electron chi connectivity index (χ1n) is 10.2. The molecule has 0 aliphatic carbocycles. The number of nitrogens with one attached hydrogen (secondary N) is 2. The molecule has 1 aliphatic heterocycles. The molecule has 2 rings (SSSR count). The van der Waals surface area contributed by atoms with E-state index < -0.39 is 0 Å². The van der Waals surface area contributed by atoms with Gasteiger partial charge in [0.15, 0.2) is 17.5 Å². The number of rotatable bonds is 10. The summed E-state index contributed by atoms with van der Waals surface area (Å²) in [5.41, 5.74) is 0.837. The van der Waals surface area contributed by atoms with Gasteiger partial charge in [0.1, 0.15) is 0 Å². The number of guanidine groups is 1. The molecule has 0 amide bonds. The van der Waals surface area contributed by atoms with Gasteiger partial charge in [0.25, 0.3) is 0 Å². The number of hydrogen-bond donors (Lipinski definition) is 2. The third-order valence-electron chi connectivity index (χ3n) is 4.78. The zero-order valence-corrected chi connectivity index (χ0v) is 17.3. The Morgan fingerprint density at radius 1 is 1.36 bits per heavy atom. The topological polar surface area (TPSA) is 64.1 Å². The van der Waals surface area contributed by atoms with Gasteiger partial charge in [0, 0.05) is 39.5 Å². The lowest BCUT2D eigenvalue weighted by atomic mass is 10.0. The molecule has 158 valence electrons. The van der Waals surface area contributed by atoms with Gasteiger partial charge >= 0.3 is 0 Å². The molecule has 1 aromatic rings. The van der Waals surface area contributed by atoms with E-state index in [9.17, 15) is 4.39 Å². The number of hydrogen-bond acceptors (Lipinski definition) is 4. The molecule has 1 aliphatic rings. The first-order valence-corrected chi connectivity index (χ1v) is 10.2. The van der Waals surface area contributed by atoms with Crippen LogP contribution >= 0.6 is 0 Å². The number of methoxy groups -OCH3 is 1. The molecule has 1 saturated heterocycles. The predicted octanol–water partition coefficient (Wildman–Crippen LogP) is 3.28. The lowest BCUT2D eigenvalue weighted by Crippen LogP contribution is -2.38. The number of aliphatic imine (C=N–C) groups is 1. The van der Waals surface area contributed by atoms with Gasteiger partial charge in [0.05, 0.1) is 13.2 Å². The van der Waals surface area contributed by atoms with E-state index in [2.05, 4.69) is 15.6 Å². The second kappa shape index (κ2) is 12.6. The molecule has 6 nitrogen and oxygen atoms in total. The first-order chi connectivity index (χ1) is 13.6. The fraction of sp³-hybridized carbons (Fsp3) is 0.667. The van der Waals surface area contributed by atoms with Gasteiger partial charge in [-0.15, -0.1) is 0 Å². The summed E-state index contributed by atoms with van der Waals surface area (Å²) < 4.78 is 30.0. The fourth-order valence-corrected chi connectivity index (χ4v) is 3.08. The van der Waals surface area contributed by atoms with Gasteiger partial charge in [0.2, 0.25) is 0 Å². The third-order valence-corrected chi connectivity index (χ3v) is 4.78. The summed E-state index contributed by atoms with van der Waals surface area (Å²) in [6, 6.07) is 4.91. The minimum Gasteiger partial charge on any atom is -0.494 e. The normalized spacial score (nSPS) is 16.6. The highest BCUT2D eigenvalue weighted by Gasteiger charge is 2.13. The highest BCUT2D eigenvalue weighted by atomic mass is 19.1. The molecule has 0 saturated carbocycles. The lowest BCUT2D eigenvalue weighted by molar-refractivity contribution is 0.0205. The van der Waals surface area contributed by atoms with E-state index in [1.165, 1.54) is 13.2 Å². The Hall–Kier alpha value is -1.86. The van der Waals surface area contributed by atoms with Gasteiger partial charge in [-0.1, -0.05) is 6.07 Å². The maximum Gasteiger partial charge on any atom is 0.191 e. The Bertz CT molecular complexity index is 607. The largest absolute Gasteiger partial charge is 0.494 e. The quantitative estimate of drug-likeness (QED) is 0.362. The molecule has 7 heteroatoms. The van der Waals surface area contributed by atoms with Gasteiger partial charge in [-0.05, 0) is 56.7 Å². The Balaban J connectivity index is 1.75. The van der Waals surface area contributed by atoms with Gasteiger partial charge in [-0.2, -0.15) is 0 Å². The molecule has 0 spiro atoms. The maximum absolute atomic E-state index is 13.9. The summed E-state index contributed by atoms with van der Waals surface area (Å²) in [5, 5.41) is 6.55. The molecule has 0 radical (unpaired) electrons. The fourth-order valence-electron chi connectivity index (χ4n) is 3.08. The van der Waals surface area contributed by atoms with E-state index in [1.807, 2.05) is 19.9 Å². The van der Waals surface area contributed by atoms with Crippen LogP contribution in [0, 0.1) is 11.7 Å². The van der Waals surface area contributed by atoms with Crippen molar-refractivity contribution in [2.75, 3.05) is 46.6 Å². The van der Waals surface area contributed by atoms with Crippen LogP contribution in [0.4, 0.5) is 4.39 Å². The van der Waals surface area contributed by atoms with Crippen molar-refractivity contribution >= 4 is 5.96 Å². The van der Waals surface area contributed by atoms with Gasteiger partial charge in [-0.3, -0.25) is 4.99 Å². The van der Waals surface area contributed by atoms with Crippen LogP contribution in [-0.4, -0.2) is 52.6 Å². The molecule has 28 heavy (non-hydrogen) atoms. The summed E-state index contributed by atoms with van der Waals surface area (Å²) in [7, 11) is 1.46. The summed E-state index contributed by atoms with van der Waals surface area (Å²) in [5.74, 6) is 1.23. The SMILES string of the molecule is CCNC(=NCCCOCC1CCOCC1)NC(C)c1ccc(OC)c(F)c1. The number of nitrogens with zero attached hydrogens (tertiary/aromatic N) is 1. The van der Waals surface area contributed by atoms with E-state index in [0.717, 1.165) is 57.2 Å². The molecular formula is C21H34FN3O3. The average molecular weight is 396 g/mol. The second-order valence-electron chi connectivity index (χ2n) is 7.00. The van der Waals surface area contributed by atoms with E-state index in [4.69, 9.17) is 14.2 Å². The first kappa shape index (κ1) is 22.4. The molecule has 0 bridgehead atoms. The lowest BCUT2D eigenvalue weighted by Gasteiger charge is -2.21. The highest BCUT2D eigenvalue weighted by molar-refractivity contribution is 5.80. The second-order valence-corrected chi connectivity index (χ2v) is 7.00. The van der Waals surface area contributed by atoms with Crippen molar-refractivity contribution in [2.24, 2.45) is 10.9 Å². The minimum atomic E-state index is -0.364. The smallest absolute Gasteiger partial charge is 0.191 e. The molecule has 1 fully saturated rings. The van der Waals surface area contributed by atoms with Gasteiger partial charge in [-0.25, -0.2) is 4.39 Å². The molecular weight excluding hydrogens is 361 g/mol. The van der Waals surface area contributed by atoms with Crippen molar-refractivity contribution in [3.8, 4) is 5.75 Å². The van der Waals surface area contributed by atoms with E-state index in [1.54, 1.807) is 6.07 Å². The summed E-state index contributed by atoms with van der Waals surface area (Å²) in [6.07, 6.45) is 3.05. The Morgan fingerprint density at radius 2 is 2.14 bits per heavy atom. The maximum atomic E-state index is 13.9. The van der Waals surface area contributed by atoms with Crippen molar-refractivity contribution in [2.45, 2.75) is 39.2 Å². The van der Waals surface area contributed by atoms with Crippen molar-refractivity contribution in [3.05, 3.63) is 29.6 Å². The van der Waals surface area contributed by atoms with Crippen molar-refractivity contribution in [1.29, 1.82) is 0 Å². The third kappa shape index (κ3) is 7.64. The summed E-state index contributed by atoms with van der Waals surface area (Å²) >= 11 is 0. The number of benzene rings is 1. The minimum absolute atomic E-state index is 0.0806. The van der Waals surface area contributed by atoms with E-state index in [0.29, 0.717) is 19.1 Å². The summed E-state index contributed by atoms with van der Waals surface area (Å²) in [6.45, 7) is 8.66. The Labute approximate surface area is 167 Å². The monoisotopic (exact) mass is 395 g/mol. The molecule has 1 unspecified atom stereocenters. The van der Waals surface area contributed by atoms with Crippen molar-refractivity contribution < 1.29 is 18.6 Å². The Kier molecular flexibility index (Phi) is 10.1. The van der Waals surface area contributed by atoms with Crippen LogP contribution in [0.15, 0.2) is 23.2 Å². The molecule has 2 N–H and O–H groups in total. The molecule has 1 aromatic carbocycles. The highest BCUT2D eigenvalue weighted by Crippen LogP contribution is 2.21. The number of ether oxygens (including phenoxy) is 3. The van der Waals surface area contributed by atoms with E-state index in [-0.39, 0.29) is 17.6 Å². The molecule has 1 heterocycles. The van der Waals surface area contributed by atoms with Crippen LogP contribution in [0.5, 0.6) is 5.75 Å². The average Bonchev–Trinajstić information content (AvgIpc) is 2.71. The van der Waals surface area contributed by atoms with E-state index >= 15 is 0 Å². The number of halogens is 1.